The van der Waals surface area contributed by atoms with Crippen LogP contribution in [-0.4, -0.2) is 23.0 Å². The topological polar surface area (TPSA) is 78.5 Å². The van der Waals surface area contributed by atoms with Gasteiger partial charge in [-0.3, -0.25) is 19.3 Å². The van der Waals surface area contributed by atoms with Gasteiger partial charge in [-0.2, -0.15) is 0 Å². The second-order valence-corrected chi connectivity index (χ2v) is 9.33. The number of hydrogen-bond donors (Lipinski definition) is 2. The summed E-state index contributed by atoms with van der Waals surface area (Å²) in [6.07, 6.45) is 0. The van der Waals surface area contributed by atoms with Crippen molar-refractivity contribution in [3.8, 4) is 0 Å². The standard InChI is InChI=1S/C25H21N3O3S/c1-16-23(30)28(25(32-16)20-9-5-6-10-21(20)27-24(25)31)19-13-11-18(12-14-19)22(29)26-15-17-7-3-2-4-8-17/h2-14,16H,15H2,1H3,(H,26,29)(H,27,31). The van der Waals surface area contributed by atoms with Crippen molar-refractivity contribution in [3.63, 3.8) is 0 Å². The third kappa shape index (κ3) is 3.17. The van der Waals surface area contributed by atoms with Crippen molar-refractivity contribution in [1.29, 1.82) is 0 Å². The SMILES string of the molecule is CC1SC2(C(=O)Nc3ccccc32)N(c2ccc(C(=O)NCc3ccccc3)cc2)C1=O. The lowest BCUT2D eigenvalue weighted by atomic mass is 10.0. The average molecular weight is 444 g/mol. The number of carbonyl (C=O) groups excluding carboxylic acids is 3. The number of fused-ring (bicyclic) bond motifs is 2. The van der Waals surface area contributed by atoms with E-state index in [1.807, 2.05) is 61.5 Å². The van der Waals surface area contributed by atoms with Crippen molar-refractivity contribution < 1.29 is 14.4 Å². The van der Waals surface area contributed by atoms with Crippen LogP contribution in [0.3, 0.4) is 0 Å². The first kappa shape index (κ1) is 20.3. The van der Waals surface area contributed by atoms with Gasteiger partial charge in [0.05, 0.1) is 5.25 Å². The summed E-state index contributed by atoms with van der Waals surface area (Å²) < 4.78 is 0. The zero-order valence-electron chi connectivity index (χ0n) is 17.4. The molecule has 2 aliphatic heterocycles. The summed E-state index contributed by atoms with van der Waals surface area (Å²) >= 11 is 1.34. The molecule has 5 rings (SSSR count). The Morgan fingerprint density at radius 2 is 1.69 bits per heavy atom. The predicted octanol–water partition coefficient (Wildman–Crippen LogP) is 3.89. The molecular formula is C25H21N3O3S. The van der Waals surface area contributed by atoms with Crippen molar-refractivity contribution in [2.24, 2.45) is 0 Å². The number of rotatable bonds is 4. The Labute approximate surface area is 190 Å². The van der Waals surface area contributed by atoms with Crippen molar-refractivity contribution in [2.75, 3.05) is 10.2 Å². The predicted molar refractivity (Wildman–Crippen MR) is 125 cm³/mol. The molecule has 2 aliphatic rings. The molecule has 6 nitrogen and oxygen atoms in total. The summed E-state index contributed by atoms with van der Waals surface area (Å²) in [4.78, 5) is 39.3. The lowest BCUT2D eigenvalue weighted by Crippen LogP contribution is -2.47. The average Bonchev–Trinajstić information content (AvgIpc) is 3.25. The highest BCUT2D eigenvalue weighted by Gasteiger charge is 2.60. The summed E-state index contributed by atoms with van der Waals surface area (Å²) in [5.41, 5.74) is 3.57. The van der Waals surface area contributed by atoms with Gasteiger partial charge in [0.1, 0.15) is 0 Å². The van der Waals surface area contributed by atoms with E-state index in [2.05, 4.69) is 10.6 Å². The van der Waals surface area contributed by atoms with Crippen LogP contribution in [-0.2, 0) is 21.0 Å². The third-order valence-electron chi connectivity index (χ3n) is 5.76. The second-order valence-electron chi connectivity index (χ2n) is 7.79. The summed E-state index contributed by atoms with van der Waals surface area (Å²) in [6, 6.07) is 23.9. The smallest absolute Gasteiger partial charge is 0.266 e. The van der Waals surface area contributed by atoms with E-state index >= 15 is 0 Å². The van der Waals surface area contributed by atoms with Crippen LogP contribution in [0.15, 0.2) is 78.9 Å². The zero-order chi connectivity index (χ0) is 22.3. The molecule has 1 spiro atoms. The fraction of sp³-hybridized carbons (Fsp3) is 0.160. The molecule has 3 aromatic rings. The minimum Gasteiger partial charge on any atom is -0.348 e. The highest BCUT2D eigenvalue weighted by Crippen LogP contribution is 2.55. The largest absolute Gasteiger partial charge is 0.348 e. The summed E-state index contributed by atoms with van der Waals surface area (Å²) in [5, 5.41) is 5.44. The van der Waals surface area contributed by atoms with E-state index in [9.17, 15) is 14.4 Å². The molecule has 2 N–H and O–H groups in total. The quantitative estimate of drug-likeness (QED) is 0.641. The number of hydrogen-bond acceptors (Lipinski definition) is 4. The Balaban J connectivity index is 1.43. The number of benzene rings is 3. The molecule has 2 atom stereocenters. The van der Waals surface area contributed by atoms with Crippen molar-refractivity contribution in [1.82, 2.24) is 5.32 Å². The number of anilines is 2. The number of carbonyl (C=O) groups is 3. The molecule has 1 saturated heterocycles. The Hall–Kier alpha value is -3.58. The minimum atomic E-state index is -1.15. The van der Waals surface area contributed by atoms with E-state index < -0.39 is 4.87 Å². The summed E-state index contributed by atoms with van der Waals surface area (Å²) in [6.45, 7) is 2.24. The van der Waals surface area contributed by atoms with E-state index in [1.165, 1.54) is 11.8 Å². The first-order valence-corrected chi connectivity index (χ1v) is 11.2. The van der Waals surface area contributed by atoms with Gasteiger partial charge in [0.2, 0.25) is 10.8 Å². The highest BCUT2D eigenvalue weighted by atomic mass is 32.2. The van der Waals surface area contributed by atoms with Crippen LogP contribution in [0, 0.1) is 0 Å². The van der Waals surface area contributed by atoms with Crippen LogP contribution >= 0.6 is 11.8 Å². The molecule has 0 saturated carbocycles. The van der Waals surface area contributed by atoms with Crippen LogP contribution < -0.4 is 15.5 Å². The fourth-order valence-electron chi connectivity index (χ4n) is 4.20. The molecular weight excluding hydrogens is 422 g/mol. The highest BCUT2D eigenvalue weighted by molar-refractivity contribution is 8.03. The van der Waals surface area contributed by atoms with Gasteiger partial charge in [0.25, 0.3) is 11.8 Å². The number of nitrogens with one attached hydrogen (secondary N) is 2. The lowest BCUT2D eigenvalue weighted by Gasteiger charge is -2.32. The molecule has 2 heterocycles. The molecule has 0 aliphatic carbocycles. The normalized spacial score (nSPS) is 21.5. The first-order chi connectivity index (χ1) is 15.5. The van der Waals surface area contributed by atoms with E-state index in [0.29, 0.717) is 23.5 Å². The Kier molecular flexibility index (Phi) is 4.98. The van der Waals surface area contributed by atoms with Crippen LogP contribution in [0.25, 0.3) is 0 Å². The van der Waals surface area contributed by atoms with Crippen molar-refractivity contribution >= 4 is 40.9 Å². The van der Waals surface area contributed by atoms with Crippen molar-refractivity contribution in [3.05, 3.63) is 95.6 Å². The molecule has 160 valence electrons. The fourth-order valence-corrected chi connectivity index (χ4v) is 5.68. The van der Waals surface area contributed by atoms with Gasteiger partial charge >= 0.3 is 0 Å². The summed E-state index contributed by atoms with van der Waals surface area (Å²) in [5.74, 6) is -0.566. The first-order valence-electron chi connectivity index (χ1n) is 10.4. The Bertz CT molecular complexity index is 1210. The van der Waals surface area contributed by atoms with E-state index in [1.54, 1.807) is 29.2 Å². The summed E-state index contributed by atoms with van der Waals surface area (Å²) in [7, 11) is 0. The van der Waals surface area contributed by atoms with Gasteiger partial charge in [0.15, 0.2) is 0 Å². The molecule has 0 radical (unpaired) electrons. The lowest BCUT2D eigenvalue weighted by molar-refractivity contribution is -0.122. The van der Waals surface area contributed by atoms with Gasteiger partial charge in [-0.1, -0.05) is 48.5 Å². The maximum absolute atomic E-state index is 13.1. The molecule has 3 aromatic carbocycles. The van der Waals surface area contributed by atoms with Gasteiger partial charge in [-0.15, -0.1) is 11.8 Å². The number of amides is 3. The third-order valence-corrected chi connectivity index (χ3v) is 7.25. The van der Waals surface area contributed by atoms with Gasteiger partial charge in [0, 0.05) is 29.0 Å². The molecule has 32 heavy (non-hydrogen) atoms. The maximum Gasteiger partial charge on any atom is 0.266 e. The zero-order valence-corrected chi connectivity index (χ0v) is 18.2. The van der Waals surface area contributed by atoms with Crippen LogP contribution in [0.2, 0.25) is 0 Å². The Morgan fingerprint density at radius 3 is 2.44 bits per heavy atom. The minimum absolute atomic E-state index is 0.136. The number of para-hydroxylation sites is 1. The number of thioether (sulfide) groups is 1. The van der Waals surface area contributed by atoms with Gasteiger partial charge < -0.3 is 10.6 Å². The second kappa shape index (κ2) is 7.84. The molecule has 7 heteroatoms. The van der Waals surface area contributed by atoms with Gasteiger partial charge in [-0.25, -0.2) is 0 Å². The van der Waals surface area contributed by atoms with Gasteiger partial charge in [-0.05, 0) is 42.8 Å². The molecule has 1 fully saturated rings. The maximum atomic E-state index is 13.1. The molecule has 0 aromatic heterocycles. The number of nitrogens with zero attached hydrogens (tertiary/aromatic N) is 1. The molecule has 0 bridgehead atoms. The monoisotopic (exact) mass is 443 g/mol. The van der Waals surface area contributed by atoms with E-state index in [0.717, 1.165) is 11.1 Å². The van der Waals surface area contributed by atoms with Crippen LogP contribution in [0.1, 0.15) is 28.4 Å². The van der Waals surface area contributed by atoms with Crippen molar-refractivity contribution in [2.45, 2.75) is 23.6 Å². The van der Waals surface area contributed by atoms with E-state index in [-0.39, 0.29) is 23.0 Å². The molecule has 2 unspecified atom stereocenters. The van der Waals surface area contributed by atoms with Crippen LogP contribution in [0.4, 0.5) is 11.4 Å². The van der Waals surface area contributed by atoms with E-state index in [4.69, 9.17) is 0 Å². The molecule has 3 amide bonds. The Morgan fingerprint density at radius 1 is 1.00 bits per heavy atom. The van der Waals surface area contributed by atoms with Crippen LogP contribution in [0.5, 0.6) is 0 Å².